The highest BCUT2D eigenvalue weighted by Gasteiger charge is 2.19. The zero-order valence-electron chi connectivity index (χ0n) is 9.42. The fourth-order valence-electron chi connectivity index (χ4n) is 1.19. The van der Waals surface area contributed by atoms with Crippen LogP contribution in [-0.4, -0.2) is 45.4 Å². The molecule has 1 amide bonds. The van der Waals surface area contributed by atoms with Crippen molar-refractivity contribution in [1.29, 1.82) is 0 Å². The number of nitrogens with zero attached hydrogens (tertiary/aromatic N) is 3. The summed E-state index contributed by atoms with van der Waals surface area (Å²) < 4.78 is 0. The van der Waals surface area contributed by atoms with Crippen molar-refractivity contribution in [2.75, 3.05) is 13.6 Å². The molecule has 0 bridgehead atoms. The van der Waals surface area contributed by atoms with Gasteiger partial charge in [0.05, 0.1) is 18.3 Å². The zero-order valence-corrected chi connectivity index (χ0v) is 10.2. The van der Waals surface area contributed by atoms with Crippen molar-refractivity contribution in [3.8, 4) is 0 Å². The molecule has 0 aliphatic heterocycles. The number of aliphatic carboxylic acids is 1. The van der Waals surface area contributed by atoms with Gasteiger partial charge in [-0.05, 0) is 0 Å². The predicted molar refractivity (Wildman–Crippen MR) is 60.8 cm³/mol. The number of carboxylic acids is 1. The summed E-state index contributed by atoms with van der Waals surface area (Å²) in [5.74, 6) is -1.97. The molecule has 0 radical (unpaired) electrons. The van der Waals surface area contributed by atoms with Crippen molar-refractivity contribution >= 4 is 23.5 Å². The van der Waals surface area contributed by atoms with Crippen LogP contribution < -0.4 is 0 Å². The van der Waals surface area contributed by atoms with Gasteiger partial charge in [0.2, 0.25) is 0 Å². The summed E-state index contributed by atoms with van der Waals surface area (Å²) in [4.78, 5) is 31.3. The minimum Gasteiger partial charge on any atom is -0.481 e. The summed E-state index contributed by atoms with van der Waals surface area (Å²) >= 11 is 5.55. The number of halogens is 1. The van der Waals surface area contributed by atoms with Crippen LogP contribution in [0, 0.1) is 5.92 Å². The van der Waals surface area contributed by atoms with Gasteiger partial charge in [-0.1, -0.05) is 18.5 Å². The largest absolute Gasteiger partial charge is 0.481 e. The molecular formula is C10H12ClN3O3. The molecule has 1 atom stereocenters. The summed E-state index contributed by atoms with van der Waals surface area (Å²) in [7, 11) is 1.51. The molecule has 0 saturated heterocycles. The van der Waals surface area contributed by atoms with E-state index in [2.05, 4.69) is 9.97 Å². The molecule has 0 aromatic carbocycles. The van der Waals surface area contributed by atoms with Gasteiger partial charge in [-0.15, -0.1) is 0 Å². The van der Waals surface area contributed by atoms with E-state index in [0.717, 1.165) is 0 Å². The first-order valence-corrected chi connectivity index (χ1v) is 5.25. The summed E-state index contributed by atoms with van der Waals surface area (Å²) in [6.07, 6.45) is 2.52. The van der Waals surface area contributed by atoms with Gasteiger partial charge in [-0.3, -0.25) is 9.59 Å². The highest BCUT2D eigenvalue weighted by atomic mass is 35.5. The van der Waals surface area contributed by atoms with E-state index in [-0.39, 0.29) is 23.3 Å². The smallest absolute Gasteiger partial charge is 0.308 e. The molecule has 1 aromatic heterocycles. The Morgan fingerprint density at radius 1 is 1.47 bits per heavy atom. The lowest BCUT2D eigenvalue weighted by Gasteiger charge is -2.18. The van der Waals surface area contributed by atoms with Crippen LogP contribution in [-0.2, 0) is 4.79 Å². The summed E-state index contributed by atoms with van der Waals surface area (Å²) in [5.41, 5.74) is 0.134. The third-order valence-electron chi connectivity index (χ3n) is 2.16. The highest BCUT2D eigenvalue weighted by molar-refractivity contribution is 6.29. The fourth-order valence-corrected chi connectivity index (χ4v) is 1.29. The number of carbonyl (C=O) groups excluding carboxylic acids is 1. The Kier molecular flexibility index (Phi) is 4.39. The average molecular weight is 258 g/mol. The molecule has 17 heavy (non-hydrogen) atoms. The molecule has 1 rings (SSSR count). The quantitative estimate of drug-likeness (QED) is 0.867. The molecule has 0 aliphatic carbocycles. The molecule has 0 saturated carbocycles. The minimum absolute atomic E-state index is 0.110. The molecule has 1 heterocycles. The van der Waals surface area contributed by atoms with Crippen LogP contribution >= 0.6 is 11.6 Å². The molecule has 0 aliphatic rings. The van der Waals surface area contributed by atoms with E-state index in [9.17, 15) is 9.59 Å². The number of aromatic nitrogens is 2. The number of hydrogen-bond donors (Lipinski definition) is 1. The van der Waals surface area contributed by atoms with Crippen molar-refractivity contribution in [2.45, 2.75) is 6.92 Å². The van der Waals surface area contributed by atoms with Crippen LogP contribution in [0.1, 0.15) is 17.4 Å². The van der Waals surface area contributed by atoms with Gasteiger partial charge in [0.15, 0.2) is 0 Å². The third kappa shape index (κ3) is 3.67. The lowest BCUT2D eigenvalue weighted by Crippen LogP contribution is -2.34. The van der Waals surface area contributed by atoms with Crippen LogP contribution in [0.2, 0.25) is 5.15 Å². The van der Waals surface area contributed by atoms with Gasteiger partial charge in [-0.2, -0.15) is 0 Å². The predicted octanol–water partition coefficient (Wildman–Crippen LogP) is 0.923. The van der Waals surface area contributed by atoms with Gasteiger partial charge in [-0.25, -0.2) is 9.97 Å². The zero-order chi connectivity index (χ0) is 13.0. The van der Waals surface area contributed by atoms with E-state index in [1.54, 1.807) is 0 Å². The monoisotopic (exact) mass is 257 g/mol. The second-order valence-corrected chi connectivity index (χ2v) is 4.04. The molecule has 1 aromatic rings. The Labute approximate surface area is 103 Å². The Bertz CT molecular complexity index is 421. The second-order valence-electron chi connectivity index (χ2n) is 3.65. The topological polar surface area (TPSA) is 83.4 Å². The first-order chi connectivity index (χ1) is 7.91. The van der Waals surface area contributed by atoms with E-state index in [4.69, 9.17) is 16.7 Å². The molecule has 0 spiro atoms. The first-order valence-electron chi connectivity index (χ1n) is 4.87. The lowest BCUT2D eigenvalue weighted by molar-refractivity contribution is -0.141. The van der Waals surface area contributed by atoms with Gasteiger partial charge in [0.1, 0.15) is 10.8 Å². The van der Waals surface area contributed by atoms with Crippen molar-refractivity contribution in [3.05, 3.63) is 23.2 Å². The van der Waals surface area contributed by atoms with E-state index >= 15 is 0 Å². The van der Waals surface area contributed by atoms with Gasteiger partial charge in [0, 0.05) is 13.6 Å². The minimum atomic E-state index is -0.952. The van der Waals surface area contributed by atoms with Crippen LogP contribution in [0.5, 0.6) is 0 Å². The van der Waals surface area contributed by atoms with Crippen molar-refractivity contribution < 1.29 is 14.7 Å². The van der Waals surface area contributed by atoms with Crippen LogP contribution in [0.3, 0.4) is 0 Å². The van der Waals surface area contributed by atoms with Crippen LogP contribution in [0.25, 0.3) is 0 Å². The van der Waals surface area contributed by atoms with Crippen molar-refractivity contribution in [2.24, 2.45) is 5.92 Å². The maximum atomic E-state index is 11.8. The summed E-state index contributed by atoms with van der Waals surface area (Å²) in [6, 6.07) is 0. The van der Waals surface area contributed by atoms with Gasteiger partial charge >= 0.3 is 5.97 Å². The Hall–Kier alpha value is -1.69. The van der Waals surface area contributed by atoms with Crippen molar-refractivity contribution in [1.82, 2.24) is 14.9 Å². The number of carbonyl (C=O) groups is 2. The maximum Gasteiger partial charge on any atom is 0.308 e. The Morgan fingerprint density at radius 2 is 2.12 bits per heavy atom. The van der Waals surface area contributed by atoms with Gasteiger partial charge < -0.3 is 10.0 Å². The van der Waals surface area contributed by atoms with Crippen LogP contribution in [0.4, 0.5) is 0 Å². The number of carboxylic acid groups (broad SMARTS) is 1. The molecule has 7 heteroatoms. The van der Waals surface area contributed by atoms with Crippen molar-refractivity contribution in [3.63, 3.8) is 0 Å². The lowest BCUT2D eigenvalue weighted by atomic mass is 10.2. The second kappa shape index (κ2) is 5.58. The average Bonchev–Trinajstić information content (AvgIpc) is 2.28. The SMILES string of the molecule is CC(CN(C)C(=O)c1cnc(Cl)cn1)C(=O)O. The molecule has 1 unspecified atom stereocenters. The first kappa shape index (κ1) is 13.4. The van der Waals surface area contributed by atoms with E-state index in [0.29, 0.717) is 0 Å². The van der Waals surface area contributed by atoms with E-state index in [1.807, 2.05) is 0 Å². The molecule has 6 nitrogen and oxygen atoms in total. The van der Waals surface area contributed by atoms with Crippen LogP contribution in [0.15, 0.2) is 12.4 Å². The third-order valence-corrected chi connectivity index (χ3v) is 2.35. The summed E-state index contributed by atoms with van der Waals surface area (Å²) in [6.45, 7) is 1.64. The maximum absolute atomic E-state index is 11.8. The Morgan fingerprint density at radius 3 is 2.59 bits per heavy atom. The van der Waals surface area contributed by atoms with Gasteiger partial charge in [0.25, 0.3) is 5.91 Å². The Balaban J connectivity index is 2.70. The number of rotatable bonds is 4. The normalized spacial score (nSPS) is 11.9. The van der Waals surface area contributed by atoms with E-state index in [1.165, 1.54) is 31.3 Å². The fraction of sp³-hybridized carbons (Fsp3) is 0.400. The molecule has 0 fully saturated rings. The number of amides is 1. The molecule has 92 valence electrons. The molecule has 1 N–H and O–H groups in total. The standard InChI is InChI=1S/C10H12ClN3O3/c1-6(10(16)17)5-14(2)9(15)7-3-13-8(11)4-12-7/h3-4,6H,5H2,1-2H3,(H,16,17). The molecular weight excluding hydrogens is 246 g/mol. The number of hydrogen-bond acceptors (Lipinski definition) is 4. The highest BCUT2D eigenvalue weighted by Crippen LogP contribution is 2.06. The van der Waals surface area contributed by atoms with E-state index < -0.39 is 11.9 Å². The summed E-state index contributed by atoms with van der Waals surface area (Å²) in [5, 5.41) is 8.93.